The number of hydrogen-bond donors (Lipinski definition) is 3. The van der Waals surface area contributed by atoms with Crippen molar-refractivity contribution in [3.05, 3.63) is 23.7 Å². The van der Waals surface area contributed by atoms with Crippen molar-refractivity contribution in [2.75, 3.05) is 13.6 Å². The lowest BCUT2D eigenvalue weighted by Gasteiger charge is -2.12. The van der Waals surface area contributed by atoms with Crippen LogP contribution in [0.5, 0.6) is 0 Å². The number of primary amides is 1. The molecule has 0 aromatic carbocycles. The van der Waals surface area contributed by atoms with Gasteiger partial charge in [0.05, 0.1) is 6.54 Å². The van der Waals surface area contributed by atoms with Gasteiger partial charge in [-0.15, -0.1) is 0 Å². The fourth-order valence-electron chi connectivity index (χ4n) is 3.06. The van der Waals surface area contributed by atoms with Crippen LogP contribution in [0, 0.1) is 5.92 Å². The van der Waals surface area contributed by atoms with Crippen LogP contribution in [-0.2, 0) is 6.54 Å². The molecule has 4 N–H and O–H groups in total. The van der Waals surface area contributed by atoms with Gasteiger partial charge in [0.1, 0.15) is 5.76 Å². The molecule has 1 aliphatic carbocycles. The molecule has 1 aromatic rings. The zero-order valence-electron chi connectivity index (χ0n) is 13.9. The molecular formula is C17H28N4O2. The van der Waals surface area contributed by atoms with Crippen LogP contribution in [0.1, 0.15) is 61.3 Å². The molecule has 2 rings (SSSR count). The average Bonchev–Trinajstić information content (AvgIpc) is 3.21. The fourth-order valence-corrected chi connectivity index (χ4v) is 3.06. The second-order valence-corrected chi connectivity index (χ2v) is 6.13. The molecule has 0 unspecified atom stereocenters. The highest BCUT2D eigenvalue weighted by molar-refractivity contribution is 5.89. The summed E-state index contributed by atoms with van der Waals surface area (Å²) < 4.78 is 5.32. The first-order valence-electron chi connectivity index (χ1n) is 8.52. The predicted molar refractivity (Wildman–Crippen MR) is 91.2 cm³/mol. The van der Waals surface area contributed by atoms with E-state index in [1.54, 1.807) is 19.2 Å². The molecular weight excluding hydrogens is 292 g/mol. The fraction of sp³-hybridized carbons (Fsp3) is 0.647. The number of carbonyl (C=O) groups excluding carboxylic acids is 1. The third kappa shape index (κ3) is 5.96. The van der Waals surface area contributed by atoms with Gasteiger partial charge in [0, 0.05) is 13.6 Å². The highest BCUT2D eigenvalue weighted by Crippen LogP contribution is 2.28. The van der Waals surface area contributed by atoms with Crippen molar-refractivity contribution in [1.82, 2.24) is 10.6 Å². The average molecular weight is 320 g/mol. The Hall–Kier alpha value is -1.98. The van der Waals surface area contributed by atoms with Gasteiger partial charge in [0.25, 0.3) is 5.91 Å². The maximum Gasteiger partial charge on any atom is 0.284 e. The van der Waals surface area contributed by atoms with Crippen molar-refractivity contribution in [3.8, 4) is 0 Å². The Bertz CT molecular complexity index is 518. The number of nitrogens with two attached hydrogens (primary N) is 1. The van der Waals surface area contributed by atoms with Gasteiger partial charge in [-0.3, -0.25) is 9.79 Å². The Morgan fingerprint density at radius 1 is 1.30 bits per heavy atom. The smallest absolute Gasteiger partial charge is 0.284 e. The van der Waals surface area contributed by atoms with Gasteiger partial charge in [-0.25, -0.2) is 0 Å². The van der Waals surface area contributed by atoms with Crippen molar-refractivity contribution in [2.45, 2.75) is 51.5 Å². The highest BCUT2D eigenvalue weighted by atomic mass is 16.3. The van der Waals surface area contributed by atoms with E-state index in [1.165, 1.54) is 38.5 Å². The standard InChI is InChI=1S/C17H28N4O2/c1-19-17(20-11-5-4-8-13-6-2-3-7-13)21-12-14-9-10-15(23-14)16(18)22/h9-10,13H,2-8,11-12H2,1H3,(H2,18,22)(H2,19,20,21). The summed E-state index contributed by atoms with van der Waals surface area (Å²) in [5, 5.41) is 6.46. The molecule has 0 aliphatic heterocycles. The summed E-state index contributed by atoms with van der Waals surface area (Å²) in [5.41, 5.74) is 5.16. The largest absolute Gasteiger partial charge is 0.454 e. The Morgan fingerprint density at radius 3 is 2.74 bits per heavy atom. The summed E-state index contributed by atoms with van der Waals surface area (Å²) in [4.78, 5) is 15.2. The Kier molecular flexibility index (Phi) is 6.97. The molecule has 6 heteroatoms. The number of furan rings is 1. The minimum atomic E-state index is -0.555. The van der Waals surface area contributed by atoms with Crippen LogP contribution in [0.25, 0.3) is 0 Å². The number of guanidine groups is 1. The van der Waals surface area contributed by atoms with E-state index >= 15 is 0 Å². The monoisotopic (exact) mass is 320 g/mol. The van der Waals surface area contributed by atoms with Gasteiger partial charge in [0.2, 0.25) is 0 Å². The van der Waals surface area contributed by atoms with E-state index in [2.05, 4.69) is 15.6 Å². The zero-order chi connectivity index (χ0) is 16.5. The Balaban J connectivity index is 1.60. The summed E-state index contributed by atoms with van der Waals surface area (Å²) in [6.07, 6.45) is 9.47. The molecule has 0 spiro atoms. The van der Waals surface area contributed by atoms with Crippen molar-refractivity contribution in [2.24, 2.45) is 16.6 Å². The van der Waals surface area contributed by atoms with E-state index in [1.807, 2.05) is 0 Å². The molecule has 1 heterocycles. The van der Waals surface area contributed by atoms with Crippen molar-refractivity contribution in [3.63, 3.8) is 0 Å². The molecule has 6 nitrogen and oxygen atoms in total. The Morgan fingerprint density at radius 2 is 2.09 bits per heavy atom. The summed E-state index contributed by atoms with van der Waals surface area (Å²) in [6, 6.07) is 3.32. The van der Waals surface area contributed by atoms with E-state index in [4.69, 9.17) is 10.2 Å². The van der Waals surface area contributed by atoms with Gasteiger partial charge in [-0.2, -0.15) is 0 Å². The summed E-state index contributed by atoms with van der Waals surface area (Å²) in [5.74, 6) is 1.98. The lowest BCUT2D eigenvalue weighted by Crippen LogP contribution is -2.37. The Labute approximate surface area is 137 Å². The number of rotatable bonds is 8. The number of hydrogen-bond acceptors (Lipinski definition) is 3. The first kappa shape index (κ1) is 17.4. The maximum atomic E-state index is 11.0. The van der Waals surface area contributed by atoms with E-state index in [9.17, 15) is 4.79 Å². The molecule has 1 saturated carbocycles. The molecule has 1 aromatic heterocycles. The number of carbonyl (C=O) groups is 1. The molecule has 1 fully saturated rings. The molecule has 0 bridgehead atoms. The lowest BCUT2D eigenvalue weighted by molar-refractivity contribution is 0.0972. The van der Waals surface area contributed by atoms with E-state index in [0.29, 0.717) is 12.3 Å². The number of nitrogens with zero attached hydrogens (tertiary/aromatic N) is 1. The molecule has 1 aliphatic rings. The SMILES string of the molecule is CN=C(NCCCCC1CCCC1)NCc1ccc(C(N)=O)o1. The number of amides is 1. The molecule has 0 atom stereocenters. The van der Waals surface area contributed by atoms with Gasteiger partial charge in [-0.05, 0) is 24.5 Å². The molecule has 23 heavy (non-hydrogen) atoms. The van der Waals surface area contributed by atoms with Crippen LogP contribution in [0.4, 0.5) is 0 Å². The van der Waals surface area contributed by atoms with Crippen molar-refractivity contribution >= 4 is 11.9 Å². The minimum absolute atomic E-state index is 0.177. The molecule has 0 radical (unpaired) electrons. The van der Waals surface area contributed by atoms with Gasteiger partial charge in [0.15, 0.2) is 11.7 Å². The highest BCUT2D eigenvalue weighted by Gasteiger charge is 2.13. The van der Waals surface area contributed by atoms with Gasteiger partial charge >= 0.3 is 0 Å². The van der Waals surface area contributed by atoms with Gasteiger partial charge in [-0.1, -0.05) is 38.5 Å². The van der Waals surface area contributed by atoms with E-state index in [0.717, 1.165) is 24.8 Å². The van der Waals surface area contributed by atoms with Crippen LogP contribution >= 0.6 is 0 Å². The first-order chi connectivity index (χ1) is 11.2. The van der Waals surface area contributed by atoms with Crippen molar-refractivity contribution in [1.29, 1.82) is 0 Å². The van der Waals surface area contributed by atoms with Crippen molar-refractivity contribution < 1.29 is 9.21 Å². The topological polar surface area (TPSA) is 92.6 Å². The number of nitrogens with one attached hydrogen (secondary N) is 2. The molecule has 1 amide bonds. The quantitative estimate of drug-likeness (QED) is 0.389. The van der Waals surface area contributed by atoms with E-state index < -0.39 is 5.91 Å². The van der Waals surface area contributed by atoms with Crippen LogP contribution in [0.3, 0.4) is 0 Å². The lowest BCUT2D eigenvalue weighted by atomic mass is 10.0. The second kappa shape index (κ2) is 9.22. The summed E-state index contributed by atoms with van der Waals surface area (Å²) in [6.45, 7) is 1.38. The van der Waals surface area contributed by atoms with Crippen LogP contribution in [0.15, 0.2) is 21.5 Å². The van der Waals surface area contributed by atoms with Crippen LogP contribution in [-0.4, -0.2) is 25.5 Å². The minimum Gasteiger partial charge on any atom is -0.454 e. The zero-order valence-corrected chi connectivity index (χ0v) is 13.9. The maximum absolute atomic E-state index is 11.0. The first-order valence-corrected chi connectivity index (χ1v) is 8.52. The molecule has 0 saturated heterocycles. The number of aliphatic imine (C=N–C) groups is 1. The van der Waals surface area contributed by atoms with Crippen LogP contribution < -0.4 is 16.4 Å². The normalized spacial score (nSPS) is 15.8. The van der Waals surface area contributed by atoms with Gasteiger partial charge < -0.3 is 20.8 Å². The molecule has 128 valence electrons. The summed E-state index contributed by atoms with van der Waals surface area (Å²) >= 11 is 0. The predicted octanol–water partition coefficient (Wildman–Crippen LogP) is 2.40. The number of unbranched alkanes of at least 4 members (excludes halogenated alkanes) is 1. The van der Waals surface area contributed by atoms with E-state index in [-0.39, 0.29) is 5.76 Å². The second-order valence-electron chi connectivity index (χ2n) is 6.13. The third-order valence-corrected chi connectivity index (χ3v) is 4.36. The summed E-state index contributed by atoms with van der Waals surface area (Å²) in [7, 11) is 1.74. The van der Waals surface area contributed by atoms with Crippen LogP contribution in [0.2, 0.25) is 0 Å². The third-order valence-electron chi connectivity index (χ3n) is 4.36.